The van der Waals surface area contributed by atoms with Crippen molar-refractivity contribution < 1.29 is 31.8 Å². The van der Waals surface area contributed by atoms with Crippen molar-refractivity contribution in [1.29, 1.82) is 0 Å². The Morgan fingerprint density at radius 1 is 1.19 bits per heavy atom. The first-order valence-corrected chi connectivity index (χ1v) is 11.2. The number of hydrogen-bond donors (Lipinski definition) is 1. The molecule has 1 spiro atoms. The molecule has 2 aromatic rings. The van der Waals surface area contributed by atoms with Gasteiger partial charge in [-0.25, -0.2) is 13.4 Å². The lowest BCUT2D eigenvalue weighted by Gasteiger charge is -2.34. The van der Waals surface area contributed by atoms with E-state index in [9.17, 15) is 13.2 Å². The van der Waals surface area contributed by atoms with Crippen molar-refractivity contribution in [2.45, 2.75) is 31.7 Å². The molecule has 0 atom stereocenters. The number of nitrogens with zero attached hydrogens (tertiary/aromatic N) is 1. The Labute approximate surface area is 178 Å². The normalized spacial score (nSPS) is 20.2. The summed E-state index contributed by atoms with van der Waals surface area (Å²) >= 11 is 0. The topological polar surface area (TPSA) is 94.2 Å². The van der Waals surface area contributed by atoms with Crippen molar-refractivity contribution in [3.05, 3.63) is 71.4 Å². The van der Waals surface area contributed by atoms with Gasteiger partial charge in [-0.05, 0) is 23.6 Å². The van der Waals surface area contributed by atoms with Crippen LogP contribution in [0, 0.1) is 5.82 Å². The molecule has 2 heterocycles. The van der Waals surface area contributed by atoms with Crippen molar-refractivity contribution in [3.8, 4) is 5.75 Å². The molecule has 2 aliphatic heterocycles. The molecule has 1 saturated heterocycles. The second-order valence-electron chi connectivity index (χ2n) is 7.58. The maximum atomic E-state index is 15.8. The van der Waals surface area contributed by atoms with Crippen LogP contribution in [-0.4, -0.2) is 26.7 Å². The van der Waals surface area contributed by atoms with E-state index in [2.05, 4.69) is 0 Å². The van der Waals surface area contributed by atoms with Crippen molar-refractivity contribution in [2.24, 2.45) is 0 Å². The third-order valence-electron chi connectivity index (χ3n) is 5.55. The van der Waals surface area contributed by atoms with Gasteiger partial charge in [0.15, 0.2) is 5.82 Å². The third-order valence-corrected chi connectivity index (χ3v) is 6.93. The van der Waals surface area contributed by atoms with E-state index in [-0.39, 0.29) is 30.0 Å². The summed E-state index contributed by atoms with van der Waals surface area (Å²) in [5.41, 5.74) is 1.51. The monoisotopic (exact) mass is 446 g/mol. The summed E-state index contributed by atoms with van der Waals surface area (Å²) in [6.07, 6.45) is 3.89. The van der Waals surface area contributed by atoms with Crippen LogP contribution in [0.4, 0.5) is 10.1 Å². The predicted octanol–water partition coefficient (Wildman–Crippen LogP) is 2.29. The van der Waals surface area contributed by atoms with E-state index in [4.69, 9.17) is 14.2 Å². The van der Waals surface area contributed by atoms with Crippen LogP contribution >= 0.6 is 0 Å². The van der Waals surface area contributed by atoms with E-state index < -0.39 is 34.3 Å². The van der Waals surface area contributed by atoms with E-state index in [1.54, 1.807) is 6.07 Å². The number of fused-ring (bicyclic) bond motifs is 1. The molecule has 0 bridgehead atoms. The molecule has 0 saturated carbocycles. The maximum absolute atomic E-state index is 15.8. The Morgan fingerprint density at radius 2 is 1.94 bits per heavy atom. The summed E-state index contributed by atoms with van der Waals surface area (Å²) in [7, 11) is -4.23. The molecule has 162 valence electrons. The second kappa shape index (κ2) is 7.16. The van der Waals surface area contributed by atoms with E-state index in [1.807, 2.05) is 35.1 Å². The molecule has 10 heteroatoms. The standard InChI is InChI=1S/C21H19FN2O6S/c22-19-16-11-21(29-8-9-30-21)7-6-15(16)10-17(28-13-14-4-2-1-3-5-14)20(19)24-12-18(25)23-31(24,26)27/h1-5,8-10H,6-7,11-13H2,(H,23,25). The van der Waals surface area contributed by atoms with Crippen LogP contribution in [0.25, 0.3) is 0 Å². The van der Waals surface area contributed by atoms with Crippen molar-refractivity contribution in [1.82, 2.24) is 4.72 Å². The fourth-order valence-electron chi connectivity index (χ4n) is 4.06. The van der Waals surface area contributed by atoms with Crippen molar-refractivity contribution in [2.75, 3.05) is 10.8 Å². The van der Waals surface area contributed by atoms with Crippen LogP contribution in [-0.2, 0) is 43.9 Å². The zero-order valence-electron chi connectivity index (χ0n) is 16.3. The van der Waals surface area contributed by atoms with E-state index in [1.165, 1.54) is 12.5 Å². The lowest BCUT2D eigenvalue weighted by Crippen LogP contribution is -2.38. The fourth-order valence-corrected chi connectivity index (χ4v) is 5.22. The molecule has 5 rings (SSSR count). The van der Waals surface area contributed by atoms with E-state index >= 15 is 4.39 Å². The first-order valence-electron chi connectivity index (χ1n) is 9.72. The highest BCUT2D eigenvalue weighted by Crippen LogP contribution is 2.44. The Balaban J connectivity index is 1.58. The lowest BCUT2D eigenvalue weighted by atomic mass is 9.86. The number of ether oxygens (including phenoxy) is 3. The van der Waals surface area contributed by atoms with Gasteiger partial charge in [0, 0.05) is 12.0 Å². The third kappa shape index (κ3) is 3.46. The molecule has 0 unspecified atom stereocenters. The number of hydrogen-bond acceptors (Lipinski definition) is 6. The summed E-state index contributed by atoms with van der Waals surface area (Å²) in [6, 6.07) is 10.9. The molecule has 1 aliphatic carbocycles. The minimum absolute atomic E-state index is 0.0579. The highest BCUT2D eigenvalue weighted by molar-refractivity contribution is 7.92. The Hall–Kier alpha value is -3.27. The largest absolute Gasteiger partial charge is 0.487 e. The first-order chi connectivity index (χ1) is 14.9. The number of benzene rings is 2. The highest BCUT2D eigenvalue weighted by Gasteiger charge is 2.44. The van der Waals surface area contributed by atoms with Gasteiger partial charge in [0.1, 0.15) is 37.1 Å². The highest BCUT2D eigenvalue weighted by atomic mass is 32.2. The lowest BCUT2D eigenvalue weighted by molar-refractivity contribution is -0.149. The quantitative estimate of drug-likeness (QED) is 0.775. The molecule has 0 radical (unpaired) electrons. The van der Waals surface area contributed by atoms with Gasteiger partial charge in [0.2, 0.25) is 0 Å². The number of aryl methyl sites for hydroxylation is 1. The van der Waals surface area contributed by atoms with Gasteiger partial charge in [0.25, 0.3) is 11.7 Å². The molecular weight excluding hydrogens is 427 g/mol. The Morgan fingerprint density at radius 3 is 2.61 bits per heavy atom. The van der Waals surface area contributed by atoms with Crippen LogP contribution in [0.5, 0.6) is 5.75 Å². The number of carbonyl (C=O) groups is 1. The zero-order chi connectivity index (χ0) is 21.6. The molecular formula is C21H19FN2O6S. The van der Waals surface area contributed by atoms with Gasteiger partial charge in [-0.2, -0.15) is 8.42 Å². The number of amides is 1. The smallest absolute Gasteiger partial charge is 0.326 e. The molecule has 1 N–H and O–H groups in total. The van der Waals surface area contributed by atoms with Gasteiger partial charge in [0.05, 0.1) is 6.42 Å². The number of halogens is 1. The first kappa shape index (κ1) is 19.7. The summed E-state index contributed by atoms with van der Waals surface area (Å²) in [5.74, 6) is -2.45. The van der Waals surface area contributed by atoms with Gasteiger partial charge < -0.3 is 14.2 Å². The summed E-state index contributed by atoms with van der Waals surface area (Å²) in [5, 5.41) is 0. The van der Waals surface area contributed by atoms with Gasteiger partial charge in [-0.3, -0.25) is 4.79 Å². The molecule has 8 nitrogen and oxygen atoms in total. The second-order valence-corrected chi connectivity index (χ2v) is 9.18. The molecule has 0 aromatic heterocycles. The van der Waals surface area contributed by atoms with Crippen molar-refractivity contribution >= 4 is 21.8 Å². The fraction of sp³-hybridized carbons (Fsp3) is 0.286. The minimum Gasteiger partial charge on any atom is -0.487 e. The SMILES string of the molecule is O=C1CN(c2c(OCc3ccccc3)cc3c(c2F)CC2(CC3)OC=CO2)S(=O)(=O)N1. The number of nitrogens with one attached hydrogen (secondary N) is 1. The molecule has 2 aromatic carbocycles. The van der Waals surface area contributed by atoms with Crippen LogP contribution in [0.3, 0.4) is 0 Å². The molecule has 1 amide bonds. The average molecular weight is 446 g/mol. The summed E-state index contributed by atoms with van der Waals surface area (Å²) < 4.78 is 60.4. The molecule has 3 aliphatic rings. The number of rotatable bonds is 4. The average Bonchev–Trinajstić information content (AvgIpc) is 3.30. The molecule has 31 heavy (non-hydrogen) atoms. The predicted molar refractivity (Wildman–Crippen MR) is 108 cm³/mol. The zero-order valence-corrected chi connectivity index (χ0v) is 17.2. The number of anilines is 1. The van der Waals surface area contributed by atoms with Crippen molar-refractivity contribution in [3.63, 3.8) is 0 Å². The van der Waals surface area contributed by atoms with Gasteiger partial charge in [-0.15, -0.1) is 0 Å². The minimum atomic E-state index is -4.23. The van der Waals surface area contributed by atoms with Crippen LogP contribution in [0.15, 0.2) is 48.9 Å². The Kier molecular flexibility index (Phi) is 4.54. The van der Waals surface area contributed by atoms with E-state index in [0.717, 1.165) is 5.56 Å². The van der Waals surface area contributed by atoms with Gasteiger partial charge >= 0.3 is 10.2 Å². The van der Waals surface area contributed by atoms with Crippen LogP contribution in [0.1, 0.15) is 23.1 Å². The van der Waals surface area contributed by atoms with Gasteiger partial charge in [-0.1, -0.05) is 30.3 Å². The Bertz CT molecular complexity index is 1170. The summed E-state index contributed by atoms with van der Waals surface area (Å²) in [6.45, 7) is -0.416. The molecule has 1 fully saturated rings. The van der Waals surface area contributed by atoms with E-state index in [0.29, 0.717) is 22.7 Å². The maximum Gasteiger partial charge on any atom is 0.326 e. The van der Waals surface area contributed by atoms with Crippen LogP contribution < -0.4 is 13.8 Å². The number of carbonyl (C=O) groups excluding carboxylic acids is 1. The summed E-state index contributed by atoms with van der Waals surface area (Å²) in [4.78, 5) is 11.8. The van der Waals surface area contributed by atoms with Crippen LogP contribution in [0.2, 0.25) is 0 Å².